The fourth-order valence-corrected chi connectivity index (χ4v) is 1.21. The third kappa shape index (κ3) is 1.71. The summed E-state index contributed by atoms with van der Waals surface area (Å²) in [6.07, 6.45) is 1.75. The number of aromatic nitrogens is 1. The van der Waals surface area contributed by atoms with Gasteiger partial charge in [-0.1, -0.05) is 12.1 Å². The van der Waals surface area contributed by atoms with Gasteiger partial charge in [0.05, 0.1) is 0 Å². The molecular weight excluding hydrogens is 178 g/mol. The molecule has 2 N–H and O–H groups in total. The van der Waals surface area contributed by atoms with Gasteiger partial charge in [0.15, 0.2) is 11.5 Å². The summed E-state index contributed by atoms with van der Waals surface area (Å²) in [5.74, 6) is 1.31. The van der Waals surface area contributed by atoms with Crippen LogP contribution in [-0.4, -0.2) is 10.1 Å². The fraction of sp³-hybridized carbons (Fsp3) is 0.0909. The van der Waals surface area contributed by atoms with Crippen molar-refractivity contribution >= 4 is 0 Å². The number of rotatable bonds is 2. The minimum atomic E-state index is 0.145. The molecule has 0 aliphatic heterocycles. The number of ether oxygens (including phenoxy) is 1. The normalized spacial score (nSPS) is 10.1. The van der Waals surface area contributed by atoms with Gasteiger partial charge in [0.25, 0.3) is 0 Å². The van der Waals surface area contributed by atoms with E-state index in [4.69, 9.17) is 4.74 Å². The first-order valence-electron chi connectivity index (χ1n) is 4.36. The molecule has 0 saturated carbocycles. The van der Waals surface area contributed by atoms with Crippen molar-refractivity contribution < 1.29 is 9.84 Å². The summed E-state index contributed by atoms with van der Waals surface area (Å²) in [6, 6.07) is 8.75. The number of hydrogen-bond donors (Lipinski definition) is 2. The Hall–Kier alpha value is -1.90. The molecule has 1 aromatic heterocycles. The summed E-state index contributed by atoms with van der Waals surface area (Å²) in [7, 11) is 0. The van der Waals surface area contributed by atoms with Crippen molar-refractivity contribution in [2.24, 2.45) is 0 Å². The van der Waals surface area contributed by atoms with Gasteiger partial charge in [-0.25, -0.2) is 0 Å². The average Bonchev–Trinajstić information content (AvgIpc) is 2.56. The Labute approximate surface area is 82.0 Å². The predicted octanol–water partition coefficient (Wildman–Crippen LogP) is 2.82. The van der Waals surface area contributed by atoms with Crippen LogP contribution in [-0.2, 0) is 0 Å². The standard InChI is InChI=1S/C11H11NO2/c1-8-6-9(7-12-8)14-11-5-3-2-4-10(11)13/h2-7,12-13H,1H3. The molecule has 1 aromatic carbocycles. The average molecular weight is 189 g/mol. The number of benzene rings is 1. The highest BCUT2D eigenvalue weighted by molar-refractivity contribution is 5.41. The van der Waals surface area contributed by atoms with Gasteiger partial charge in [0.2, 0.25) is 0 Å². The number of hydrogen-bond acceptors (Lipinski definition) is 2. The van der Waals surface area contributed by atoms with E-state index in [9.17, 15) is 5.11 Å². The van der Waals surface area contributed by atoms with Crippen LogP contribution in [0.2, 0.25) is 0 Å². The van der Waals surface area contributed by atoms with E-state index in [1.165, 1.54) is 0 Å². The van der Waals surface area contributed by atoms with Gasteiger partial charge < -0.3 is 14.8 Å². The van der Waals surface area contributed by atoms with Gasteiger partial charge in [-0.05, 0) is 19.1 Å². The van der Waals surface area contributed by atoms with Crippen LogP contribution >= 0.6 is 0 Å². The molecule has 3 nitrogen and oxygen atoms in total. The van der Waals surface area contributed by atoms with E-state index in [-0.39, 0.29) is 5.75 Å². The molecule has 2 aromatic rings. The SMILES string of the molecule is Cc1cc(Oc2ccccc2O)c[nH]1. The highest BCUT2D eigenvalue weighted by atomic mass is 16.5. The lowest BCUT2D eigenvalue weighted by atomic mass is 10.3. The van der Waals surface area contributed by atoms with Gasteiger partial charge in [0.1, 0.15) is 5.75 Å². The van der Waals surface area contributed by atoms with Crippen LogP contribution in [0.15, 0.2) is 36.5 Å². The van der Waals surface area contributed by atoms with E-state index in [0.717, 1.165) is 5.69 Å². The molecular formula is C11H11NO2. The Balaban J connectivity index is 2.23. The van der Waals surface area contributed by atoms with Crippen molar-refractivity contribution in [2.75, 3.05) is 0 Å². The second-order valence-corrected chi connectivity index (χ2v) is 3.09. The lowest BCUT2D eigenvalue weighted by molar-refractivity contribution is 0.411. The van der Waals surface area contributed by atoms with E-state index in [2.05, 4.69) is 4.98 Å². The van der Waals surface area contributed by atoms with Gasteiger partial charge >= 0.3 is 0 Å². The Morgan fingerprint density at radius 3 is 2.71 bits per heavy atom. The van der Waals surface area contributed by atoms with Crippen LogP contribution in [0.3, 0.4) is 0 Å². The topological polar surface area (TPSA) is 45.2 Å². The molecule has 72 valence electrons. The lowest BCUT2D eigenvalue weighted by Gasteiger charge is -2.03. The van der Waals surface area contributed by atoms with E-state index >= 15 is 0 Å². The molecule has 0 amide bonds. The zero-order chi connectivity index (χ0) is 9.97. The summed E-state index contributed by atoms with van der Waals surface area (Å²) in [4.78, 5) is 3.00. The van der Waals surface area contributed by atoms with Crippen LogP contribution in [0.5, 0.6) is 17.2 Å². The van der Waals surface area contributed by atoms with Crippen molar-refractivity contribution in [3.8, 4) is 17.2 Å². The van der Waals surface area contributed by atoms with Crippen molar-refractivity contribution in [2.45, 2.75) is 6.92 Å². The molecule has 1 heterocycles. The van der Waals surface area contributed by atoms with E-state index < -0.39 is 0 Å². The highest BCUT2D eigenvalue weighted by Gasteiger charge is 2.02. The van der Waals surface area contributed by atoms with Crippen molar-refractivity contribution in [1.29, 1.82) is 0 Å². The molecule has 2 rings (SSSR count). The van der Waals surface area contributed by atoms with E-state index in [0.29, 0.717) is 11.5 Å². The number of phenols is 1. The third-order valence-electron chi connectivity index (χ3n) is 1.89. The monoisotopic (exact) mass is 189 g/mol. The molecule has 0 bridgehead atoms. The Bertz CT molecular complexity index is 434. The molecule has 0 aliphatic carbocycles. The zero-order valence-corrected chi connectivity index (χ0v) is 7.82. The number of aromatic hydroxyl groups is 1. The fourth-order valence-electron chi connectivity index (χ4n) is 1.21. The summed E-state index contributed by atoms with van der Waals surface area (Å²) < 4.78 is 5.45. The Morgan fingerprint density at radius 2 is 2.07 bits per heavy atom. The number of nitrogens with one attached hydrogen (secondary N) is 1. The predicted molar refractivity (Wildman–Crippen MR) is 53.7 cm³/mol. The second-order valence-electron chi connectivity index (χ2n) is 3.09. The first-order chi connectivity index (χ1) is 6.75. The van der Waals surface area contributed by atoms with Crippen molar-refractivity contribution in [3.05, 3.63) is 42.2 Å². The number of H-pyrrole nitrogens is 1. The number of aryl methyl sites for hydroxylation is 1. The van der Waals surface area contributed by atoms with Crippen LogP contribution in [0.4, 0.5) is 0 Å². The quantitative estimate of drug-likeness (QED) is 0.763. The lowest BCUT2D eigenvalue weighted by Crippen LogP contribution is -1.81. The molecule has 0 aliphatic rings. The highest BCUT2D eigenvalue weighted by Crippen LogP contribution is 2.29. The molecule has 14 heavy (non-hydrogen) atoms. The van der Waals surface area contributed by atoms with Crippen LogP contribution in [0.1, 0.15) is 5.69 Å². The third-order valence-corrected chi connectivity index (χ3v) is 1.89. The van der Waals surface area contributed by atoms with Crippen molar-refractivity contribution in [3.63, 3.8) is 0 Å². The molecule has 0 saturated heterocycles. The molecule has 3 heteroatoms. The maximum atomic E-state index is 9.44. The van der Waals surface area contributed by atoms with Crippen LogP contribution < -0.4 is 4.74 Å². The molecule has 0 radical (unpaired) electrons. The first-order valence-corrected chi connectivity index (χ1v) is 4.36. The molecule has 0 fully saturated rings. The van der Waals surface area contributed by atoms with Crippen LogP contribution in [0, 0.1) is 6.92 Å². The summed E-state index contributed by atoms with van der Waals surface area (Å²) in [6.45, 7) is 1.94. The second kappa shape index (κ2) is 3.46. The van der Waals surface area contributed by atoms with Crippen molar-refractivity contribution in [1.82, 2.24) is 4.98 Å². The molecule has 0 spiro atoms. The summed E-state index contributed by atoms with van der Waals surface area (Å²) in [5, 5.41) is 9.44. The summed E-state index contributed by atoms with van der Waals surface area (Å²) in [5.41, 5.74) is 1.02. The van der Waals surface area contributed by atoms with Gasteiger partial charge in [-0.2, -0.15) is 0 Å². The maximum absolute atomic E-state index is 9.44. The maximum Gasteiger partial charge on any atom is 0.169 e. The Morgan fingerprint density at radius 1 is 1.29 bits per heavy atom. The number of phenolic OH excluding ortho intramolecular Hbond substituents is 1. The minimum Gasteiger partial charge on any atom is -0.504 e. The smallest absolute Gasteiger partial charge is 0.169 e. The number of para-hydroxylation sites is 2. The van der Waals surface area contributed by atoms with Gasteiger partial charge in [-0.15, -0.1) is 0 Å². The summed E-state index contributed by atoms with van der Waals surface area (Å²) >= 11 is 0. The zero-order valence-electron chi connectivity index (χ0n) is 7.82. The molecule has 0 atom stereocenters. The largest absolute Gasteiger partial charge is 0.504 e. The minimum absolute atomic E-state index is 0.145. The van der Waals surface area contributed by atoms with E-state index in [1.54, 1.807) is 24.4 Å². The van der Waals surface area contributed by atoms with Gasteiger partial charge in [-0.3, -0.25) is 0 Å². The van der Waals surface area contributed by atoms with Crippen LogP contribution in [0.25, 0.3) is 0 Å². The van der Waals surface area contributed by atoms with E-state index in [1.807, 2.05) is 19.1 Å². The first kappa shape index (κ1) is 8.69. The molecule has 0 unspecified atom stereocenters. The Kier molecular flexibility index (Phi) is 2.14. The van der Waals surface area contributed by atoms with Gasteiger partial charge in [0, 0.05) is 18.0 Å². The number of aromatic amines is 1.